The van der Waals surface area contributed by atoms with Gasteiger partial charge in [0.15, 0.2) is 0 Å². The van der Waals surface area contributed by atoms with E-state index in [0.717, 1.165) is 13.1 Å². The van der Waals surface area contributed by atoms with Crippen LogP contribution in [0.5, 0.6) is 0 Å². The number of ether oxygens (including phenoxy) is 1. The second-order valence-electron chi connectivity index (χ2n) is 4.12. The van der Waals surface area contributed by atoms with Crippen molar-refractivity contribution in [1.82, 2.24) is 30.4 Å². The summed E-state index contributed by atoms with van der Waals surface area (Å²) in [4.78, 5) is 13.4. The van der Waals surface area contributed by atoms with Crippen LogP contribution in [0.15, 0.2) is 5.16 Å². The van der Waals surface area contributed by atoms with Crippen molar-refractivity contribution in [2.75, 3.05) is 46.2 Å². The van der Waals surface area contributed by atoms with Gasteiger partial charge >= 0.3 is 0 Å². The molecule has 0 atom stereocenters. The molecule has 0 unspecified atom stereocenters. The molecule has 1 rings (SSSR count). The molecule has 0 bridgehead atoms. The molecule has 1 aromatic heterocycles. The number of thioether (sulfide) groups is 1. The van der Waals surface area contributed by atoms with E-state index in [1.165, 1.54) is 11.8 Å². The maximum absolute atomic E-state index is 11.7. The lowest BCUT2D eigenvalue weighted by Crippen LogP contribution is -2.28. The van der Waals surface area contributed by atoms with Gasteiger partial charge in [-0.1, -0.05) is 11.8 Å². The maximum atomic E-state index is 11.7. The van der Waals surface area contributed by atoms with E-state index < -0.39 is 0 Å². The van der Waals surface area contributed by atoms with Gasteiger partial charge < -0.3 is 15.0 Å². The fraction of sp³-hybridized carbons (Fsp3) is 0.818. The summed E-state index contributed by atoms with van der Waals surface area (Å²) in [5, 5.41) is 15.4. The van der Waals surface area contributed by atoms with Crippen LogP contribution in [0.25, 0.3) is 0 Å². The van der Waals surface area contributed by atoms with Crippen molar-refractivity contribution in [1.29, 1.82) is 0 Å². The minimum absolute atomic E-state index is 0.0743. The van der Waals surface area contributed by atoms with Gasteiger partial charge in [0, 0.05) is 33.8 Å². The number of nitrogens with zero attached hydrogens (tertiary/aromatic N) is 5. The highest BCUT2D eigenvalue weighted by molar-refractivity contribution is 7.99. The molecular formula is C11H22N6O2S. The van der Waals surface area contributed by atoms with Crippen molar-refractivity contribution in [3.8, 4) is 0 Å². The zero-order chi connectivity index (χ0) is 14.8. The zero-order valence-electron chi connectivity index (χ0n) is 12.2. The second kappa shape index (κ2) is 9.67. The number of methoxy groups -OCH3 is 1. The van der Waals surface area contributed by atoms with E-state index in [1.54, 1.807) is 23.7 Å². The normalized spacial score (nSPS) is 10.8. The largest absolute Gasteiger partial charge is 0.383 e. The first kappa shape index (κ1) is 16.9. The molecule has 1 aromatic rings. The first-order chi connectivity index (χ1) is 9.69. The standard InChI is InChI=1S/C11H22N6O2S/c1-4-16(2)10(18)9-20-11-13-14-15-17(11)7-5-12-6-8-19-3/h12H,4-9H2,1-3H3. The van der Waals surface area contributed by atoms with Crippen LogP contribution in [-0.2, 0) is 16.1 Å². The summed E-state index contributed by atoms with van der Waals surface area (Å²) in [6.07, 6.45) is 0. The zero-order valence-corrected chi connectivity index (χ0v) is 13.0. The smallest absolute Gasteiger partial charge is 0.232 e. The number of tetrazole rings is 1. The lowest BCUT2D eigenvalue weighted by atomic mass is 10.5. The van der Waals surface area contributed by atoms with Crippen LogP contribution < -0.4 is 5.32 Å². The minimum atomic E-state index is 0.0743. The topological polar surface area (TPSA) is 85.2 Å². The third-order valence-corrected chi connectivity index (χ3v) is 3.65. The Labute approximate surface area is 123 Å². The Hall–Kier alpha value is -1.19. The lowest BCUT2D eigenvalue weighted by Gasteiger charge is -2.13. The Morgan fingerprint density at radius 3 is 3.00 bits per heavy atom. The Morgan fingerprint density at radius 1 is 1.50 bits per heavy atom. The van der Waals surface area contributed by atoms with E-state index in [9.17, 15) is 4.79 Å². The fourth-order valence-corrected chi connectivity index (χ4v) is 2.18. The second-order valence-corrected chi connectivity index (χ2v) is 5.07. The Morgan fingerprint density at radius 2 is 2.30 bits per heavy atom. The van der Waals surface area contributed by atoms with Gasteiger partial charge in [0.1, 0.15) is 0 Å². The number of aromatic nitrogens is 4. The quantitative estimate of drug-likeness (QED) is 0.460. The molecule has 9 heteroatoms. The van der Waals surface area contributed by atoms with Crippen LogP contribution in [0.1, 0.15) is 6.92 Å². The highest BCUT2D eigenvalue weighted by Crippen LogP contribution is 2.13. The third kappa shape index (κ3) is 5.85. The van der Waals surface area contributed by atoms with E-state index in [4.69, 9.17) is 4.74 Å². The first-order valence-electron chi connectivity index (χ1n) is 6.51. The molecule has 0 aliphatic carbocycles. The SMILES string of the molecule is CCN(C)C(=O)CSc1nnnn1CCNCCOC. The molecular weight excluding hydrogens is 280 g/mol. The number of amides is 1. The van der Waals surface area contributed by atoms with Gasteiger partial charge in [-0.3, -0.25) is 4.79 Å². The summed E-state index contributed by atoms with van der Waals surface area (Å²) in [6.45, 7) is 5.53. The molecule has 8 nitrogen and oxygen atoms in total. The maximum Gasteiger partial charge on any atom is 0.232 e. The van der Waals surface area contributed by atoms with Gasteiger partial charge in [0.2, 0.25) is 11.1 Å². The summed E-state index contributed by atoms with van der Waals surface area (Å²) >= 11 is 1.36. The van der Waals surface area contributed by atoms with Crippen molar-refractivity contribution in [2.45, 2.75) is 18.6 Å². The molecule has 0 aliphatic heterocycles. The van der Waals surface area contributed by atoms with Gasteiger partial charge in [-0.15, -0.1) is 5.10 Å². The number of carbonyl (C=O) groups is 1. The Kier molecular flexibility index (Phi) is 8.16. The fourth-order valence-electron chi connectivity index (χ4n) is 1.34. The Bertz CT molecular complexity index is 400. The van der Waals surface area contributed by atoms with Crippen LogP contribution in [0.4, 0.5) is 0 Å². The van der Waals surface area contributed by atoms with Crippen LogP contribution in [-0.4, -0.2) is 77.2 Å². The molecule has 0 fully saturated rings. The lowest BCUT2D eigenvalue weighted by molar-refractivity contribution is -0.126. The first-order valence-corrected chi connectivity index (χ1v) is 7.50. The molecule has 0 spiro atoms. The van der Waals surface area contributed by atoms with E-state index in [-0.39, 0.29) is 5.91 Å². The van der Waals surface area contributed by atoms with Crippen LogP contribution >= 0.6 is 11.8 Å². The van der Waals surface area contributed by atoms with Crippen molar-refractivity contribution in [2.24, 2.45) is 0 Å². The number of rotatable bonds is 10. The molecule has 0 saturated heterocycles. The van der Waals surface area contributed by atoms with Crippen molar-refractivity contribution >= 4 is 17.7 Å². The van der Waals surface area contributed by atoms with Crippen LogP contribution in [0.2, 0.25) is 0 Å². The number of carbonyl (C=O) groups excluding carboxylic acids is 1. The summed E-state index contributed by atoms with van der Waals surface area (Å²) in [5.41, 5.74) is 0. The Balaban J connectivity index is 2.33. The van der Waals surface area contributed by atoms with Crippen LogP contribution in [0, 0.1) is 0 Å². The molecule has 0 aromatic carbocycles. The van der Waals surface area contributed by atoms with Crippen molar-refractivity contribution in [3.05, 3.63) is 0 Å². The molecule has 20 heavy (non-hydrogen) atoms. The minimum Gasteiger partial charge on any atom is -0.383 e. The van der Waals surface area contributed by atoms with E-state index in [2.05, 4.69) is 20.8 Å². The number of hydrogen-bond donors (Lipinski definition) is 1. The summed E-state index contributed by atoms with van der Waals surface area (Å²) in [6, 6.07) is 0. The highest BCUT2D eigenvalue weighted by atomic mass is 32.2. The monoisotopic (exact) mass is 302 g/mol. The predicted molar refractivity (Wildman–Crippen MR) is 76.6 cm³/mol. The molecule has 114 valence electrons. The van der Waals surface area contributed by atoms with E-state index in [0.29, 0.717) is 30.6 Å². The van der Waals surface area contributed by atoms with E-state index in [1.807, 2.05) is 6.92 Å². The van der Waals surface area contributed by atoms with Gasteiger partial charge in [-0.2, -0.15) is 0 Å². The van der Waals surface area contributed by atoms with Crippen LogP contribution in [0.3, 0.4) is 0 Å². The number of nitrogens with one attached hydrogen (secondary N) is 1. The molecule has 1 amide bonds. The summed E-state index contributed by atoms with van der Waals surface area (Å²) in [5.74, 6) is 0.423. The van der Waals surface area contributed by atoms with Gasteiger partial charge in [-0.25, -0.2) is 4.68 Å². The average Bonchev–Trinajstić information content (AvgIpc) is 2.91. The number of hydrogen-bond acceptors (Lipinski definition) is 7. The average molecular weight is 302 g/mol. The highest BCUT2D eigenvalue weighted by Gasteiger charge is 2.11. The molecule has 1 heterocycles. The predicted octanol–water partition coefficient (Wildman–Crippen LogP) is -0.520. The molecule has 1 N–H and O–H groups in total. The van der Waals surface area contributed by atoms with E-state index >= 15 is 0 Å². The molecule has 0 radical (unpaired) electrons. The summed E-state index contributed by atoms with van der Waals surface area (Å²) < 4.78 is 6.64. The van der Waals surface area contributed by atoms with Crippen molar-refractivity contribution < 1.29 is 9.53 Å². The third-order valence-electron chi connectivity index (χ3n) is 2.71. The van der Waals surface area contributed by atoms with Gasteiger partial charge in [-0.05, 0) is 17.4 Å². The molecule has 0 saturated carbocycles. The molecule has 0 aliphatic rings. The summed E-state index contributed by atoms with van der Waals surface area (Å²) in [7, 11) is 3.45. The van der Waals surface area contributed by atoms with Gasteiger partial charge in [0.05, 0.1) is 18.9 Å². The van der Waals surface area contributed by atoms with Crippen molar-refractivity contribution in [3.63, 3.8) is 0 Å². The van der Waals surface area contributed by atoms with Gasteiger partial charge in [0.25, 0.3) is 0 Å².